The number of nitrogens with zero attached hydrogens (tertiary/aromatic N) is 1. The van der Waals surface area contributed by atoms with Crippen LogP contribution in [-0.4, -0.2) is 37.6 Å². The molecule has 0 N–H and O–H groups in total. The lowest BCUT2D eigenvalue weighted by Gasteiger charge is -2.21. The van der Waals surface area contributed by atoms with Gasteiger partial charge in [0.15, 0.2) is 0 Å². The largest absolute Gasteiger partial charge is 0.378 e. The highest BCUT2D eigenvalue weighted by atomic mass is 16.5. The van der Waals surface area contributed by atoms with E-state index in [1.165, 1.54) is 0 Å². The standard InChI is InChI=1S/C5H9NO2.C2H4/c7-5-6-1-3-8-4-2-6;1-2/h5H,1-4H2;1-2H2. The Balaban J connectivity index is 0.000000371. The number of amides is 1. The highest BCUT2D eigenvalue weighted by molar-refractivity contribution is 5.46. The van der Waals surface area contributed by atoms with Crippen molar-refractivity contribution in [3.8, 4) is 0 Å². The van der Waals surface area contributed by atoms with Gasteiger partial charge in [0.25, 0.3) is 0 Å². The zero-order chi connectivity index (χ0) is 7.82. The van der Waals surface area contributed by atoms with Crippen molar-refractivity contribution in [1.82, 2.24) is 4.90 Å². The molecule has 0 aromatic carbocycles. The van der Waals surface area contributed by atoms with Crippen LogP contribution in [0.15, 0.2) is 13.2 Å². The van der Waals surface area contributed by atoms with Crippen LogP contribution in [0, 0.1) is 0 Å². The maximum absolute atomic E-state index is 10.0. The summed E-state index contributed by atoms with van der Waals surface area (Å²) in [6.45, 7) is 8.89. The molecule has 1 aliphatic rings. The second-order valence-corrected chi connectivity index (χ2v) is 1.75. The molecule has 0 atom stereocenters. The van der Waals surface area contributed by atoms with Gasteiger partial charge >= 0.3 is 0 Å². The maximum atomic E-state index is 10.0. The first-order valence-corrected chi connectivity index (χ1v) is 3.20. The summed E-state index contributed by atoms with van der Waals surface area (Å²) in [5.74, 6) is 0. The van der Waals surface area contributed by atoms with Crippen LogP contribution in [0.1, 0.15) is 0 Å². The molecule has 0 radical (unpaired) electrons. The average molecular weight is 143 g/mol. The van der Waals surface area contributed by atoms with Crippen molar-refractivity contribution in [2.75, 3.05) is 26.3 Å². The Morgan fingerprint density at radius 1 is 1.30 bits per heavy atom. The summed E-state index contributed by atoms with van der Waals surface area (Å²) < 4.78 is 5.00. The number of morpholine rings is 1. The topological polar surface area (TPSA) is 29.5 Å². The number of hydrogen-bond donors (Lipinski definition) is 0. The van der Waals surface area contributed by atoms with Crippen LogP contribution in [-0.2, 0) is 9.53 Å². The summed E-state index contributed by atoms with van der Waals surface area (Å²) >= 11 is 0. The van der Waals surface area contributed by atoms with Crippen LogP contribution in [0.5, 0.6) is 0 Å². The molecule has 0 bridgehead atoms. The van der Waals surface area contributed by atoms with Crippen molar-refractivity contribution in [3.63, 3.8) is 0 Å². The second kappa shape index (κ2) is 6.29. The summed E-state index contributed by atoms with van der Waals surface area (Å²) in [7, 11) is 0. The lowest BCUT2D eigenvalue weighted by atomic mass is 10.5. The lowest BCUT2D eigenvalue weighted by Crippen LogP contribution is -2.34. The molecule has 58 valence electrons. The molecular formula is C7H13NO2. The molecule has 0 aromatic heterocycles. The Morgan fingerprint density at radius 3 is 2.10 bits per heavy atom. The molecule has 1 fully saturated rings. The zero-order valence-corrected chi connectivity index (χ0v) is 6.08. The summed E-state index contributed by atoms with van der Waals surface area (Å²) in [4.78, 5) is 11.7. The van der Waals surface area contributed by atoms with Gasteiger partial charge in [0.2, 0.25) is 6.41 Å². The number of ether oxygens (including phenoxy) is 1. The van der Waals surface area contributed by atoms with E-state index >= 15 is 0 Å². The summed E-state index contributed by atoms with van der Waals surface area (Å²) in [5.41, 5.74) is 0. The van der Waals surface area contributed by atoms with Crippen molar-refractivity contribution in [1.29, 1.82) is 0 Å². The number of hydrogen-bond acceptors (Lipinski definition) is 2. The van der Waals surface area contributed by atoms with Gasteiger partial charge in [-0.05, 0) is 0 Å². The third-order valence-electron chi connectivity index (χ3n) is 1.19. The third kappa shape index (κ3) is 3.25. The Morgan fingerprint density at radius 2 is 1.80 bits per heavy atom. The predicted octanol–water partition coefficient (Wildman–Crippen LogP) is 0.277. The minimum atomic E-state index is 0.693. The van der Waals surface area contributed by atoms with Gasteiger partial charge in [-0.15, -0.1) is 13.2 Å². The van der Waals surface area contributed by atoms with Crippen molar-refractivity contribution in [2.45, 2.75) is 0 Å². The second-order valence-electron chi connectivity index (χ2n) is 1.75. The summed E-state index contributed by atoms with van der Waals surface area (Å²) in [6, 6.07) is 0. The minimum absolute atomic E-state index is 0.693. The normalized spacial score (nSPS) is 17.0. The molecule has 1 heterocycles. The molecule has 1 aliphatic heterocycles. The van der Waals surface area contributed by atoms with Crippen molar-refractivity contribution < 1.29 is 9.53 Å². The van der Waals surface area contributed by atoms with E-state index in [1.807, 2.05) is 0 Å². The molecule has 1 rings (SSSR count). The first kappa shape index (κ1) is 9.17. The maximum Gasteiger partial charge on any atom is 0.209 e. The SMILES string of the molecule is C=C.O=CN1CCOCC1. The molecule has 0 aromatic rings. The molecule has 0 unspecified atom stereocenters. The Labute approximate surface area is 61.3 Å². The van der Waals surface area contributed by atoms with Gasteiger partial charge in [-0.1, -0.05) is 0 Å². The Kier molecular flexibility index (Phi) is 5.77. The third-order valence-corrected chi connectivity index (χ3v) is 1.19. The van der Waals surface area contributed by atoms with Crippen LogP contribution < -0.4 is 0 Å². The molecule has 0 aliphatic carbocycles. The van der Waals surface area contributed by atoms with E-state index in [0.717, 1.165) is 19.5 Å². The van der Waals surface area contributed by atoms with Gasteiger partial charge < -0.3 is 9.64 Å². The monoisotopic (exact) mass is 143 g/mol. The lowest BCUT2D eigenvalue weighted by molar-refractivity contribution is -0.121. The van der Waals surface area contributed by atoms with Gasteiger partial charge in [-0.2, -0.15) is 0 Å². The summed E-state index contributed by atoms with van der Waals surface area (Å²) in [6.07, 6.45) is 0.864. The van der Waals surface area contributed by atoms with Crippen molar-refractivity contribution in [3.05, 3.63) is 13.2 Å². The predicted molar refractivity (Wildman–Crippen MR) is 39.7 cm³/mol. The fourth-order valence-corrected chi connectivity index (χ4v) is 0.683. The Hall–Kier alpha value is -0.830. The van der Waals surface area contributed by atoms with E-state index in [-0.39, 0.29) is 0 Å². The van der Waals surface area contributed by atoms with Gasteiger partial charge in [0.1, 0.15) is 0 Å². The number of carbonyl (C=O) groups is 1. The molecule has 1 saturated heterocycles. The molecule has 3 heteroatoms. The Bertz CT molecular complexity index is 89.6. The van der Waals surface area contributed by atoms with Gasteiger partial charge in [-0.25, -0.2) is 0 Å². The van der Waals surface area contributed by atoms with E-state index in [9.17, 15) is 4.79 Å². The van der Waals surface area contributed by atoms with Crippen LogP contribution >= 0.6 is 0 Å². The zero-order valence-electron chi connectivity index (χ0n) is 6.08. The van der Waals surface area contributed by atoms with Gasteiger partial charge in [0.05, 0.1) is 13.2 Å². The van der Waals surface area contributed by atoms with Crippen LogP contribution in [0.4, 0.5) is 0 Å². The van der Waals surface area contributed by atoms with E-state index in [4.69, 9.17) is 4.74 Å². The molecule has 10 heavy (non-hydrogen) atoms. The van der Waals surface area contributed by atoms with Gasteiger partial charge in [-0.3, -0.25) is 4.79 Å². The molecular weight excluding hydrogens is 130 g/mol. The fraction of sp³-hybridized carbons (Fsp3) is 0.571. The quantitative estimate of drug-likeness (QED) is 0.389. The van der Waals surface area contributed by atoms with Crippen molar-refractivity contribution >= 4 is 6.41 Å². The highest BCUT2D eigenvalue weighted by Gasteiger charge is 2.05. The molecule has 1 amide bonds. The number of rotatable bonds is 1. The molecule has 0 spiro atoms. The first-order chi connectivity index (χ1) is 4.93. The van der Waals surface area contributed by atoms with Crippen molar-refractivity contribution in [2.24, 2.45) is 0 Å². The first-order valence-electron chi connectivity index (χ1n) is 3.20. The van der Waals surface area contributed by atoms with E-state index in [0.29, 0.717) is 13.2 Å². The average Bonchev–Trinajstić information content (AvgIpc) is 2.10. The fourth-order valence-electron chi connectivity index (χ4n) is 0.683. The van der Waals surface area contributed by atoms with Crippen LogP contribution in [0.2, 0.25) is 0 Å². The smallest absolute Gasteiger partial charge is 0.209 e. The van der Waals surface area contributed by atoms with Crippen LogP contribution in [0.25, 0.3) is 0 Å². The molecule has 3 nitrogen and oxygen atoms in total. The molecule has 0 saturated carbocycles. The highest BCUT2D eigenvalue weighted by Crippen LogP contribution is 1.90. The van der Waals surface area contributed by atoms with Gasteiger partial charge in [0, 0.05) is 13.1 Å². The number of carbonyl (C=O) groups excluding carboxylic acids is 1. The summed E-state index contributed by atoms with van der Waals surface area (Å²) in [5, 5.41) is 0. The van der Waals surface area contributed by atoms with E-state index in [2.05, 4.69) is 13.2 Å². The van der Waals surface area contributed by atoms with E-state index < -0.39 is 0 Å². The van der Waals surface area contributed by atoms with E-state index in [1.54, 1.807) is 4.90 Å². The van der Waals surface area contributed by atoms with Crippen LogP contribution in [0.3, 0.4) is 0 Å². The minimum Gasteiger partial charge on any atom is -0.378 e.